The second-order valence-electron chi connectivity index (χ2n) is 7.31. The van der Waals surface area contributed by atoms with Gasteiger partial charge >= 0.3 is 0 Å². The number of halogens is 2. The van der Waals surface area contributed by atoms with Crippen LogP contribution in [0, 0.1) is 11.8 Å². The van der Waals surface area contributed by atoms with E-state index < -0.39 is 18.1 Å². The number of hydrogen-bond acceptors (Lipinski definition) is 3. The molecule has 1 aliphatic rings. The molecule has 0 aromatic carbocycles. The Kier molecular flexibility index (Phi) is 10.6. The highest BCUT2D eigenvalue weighted by Gasteiger charge is 2.42. The van der Waals surface area contributed by atoms with Crippen molar-refractivity contribution in [3.8, 4) is 0 Å². The summed E-state index contributed by atoms with van der Waals surface area (Å²) in [6.07, 6.45) is 8.08. The van der Waals surface area contributed by atoms with Crippen LogP contribution in [0.2, 0.25) is 0 Å². The number of aliphatic hydroxyl groups excluding tert-OH is 2. The molecule has 152 valence electrons. The number of ether oxygens (including phenoxy) is 1. The van der Waals surface area contributed by atoms with E-state index >= 15 is 0 Å². The molecule has 1 unspecified atom stereocenters. The van der Waals surface area contributed by atoms with Crippen molar-refractivity contribution >= 4 is 0 Å². The molecule has 26 heavy (non-hydrogen) atoms. The standard InChI is InChI=1S/C21H36F2O3/c1-4-7-10-16-17(19(15-18(16)24)26-14-9-6-3)11-12-20(25)21(22,23)13-8-5-2/h4,7,11-12,16-20,24-25H,5-6,8-10,13-15H2,1-3H3/b7-4-,12-11+/t16-,17-,18+,19-,20?/m1/s1. The number of hydrogen-bond donors (Lipinski definition) is 2. The van der Waals surface area contributed by atoms with Crippen LogP contribution in [-0.4, -0.2) is 41.1 Å². The molecule has 1 saturated carbocycles. The van der Waals surface area contributed by atoms with E-state index in [1.165, 1.54) is 6.08 Å². The topological polar surface area (TPSA) is 49.7 Å². The first kappa shape index (κ1) is 23.3. The predicted octanol–water partition coefficient (Wildman–Crippen LogP) is 4.88. The molecule has 0 heterocycles. The van der Waals surface area contributed by atoms with Gasteiger partial charge in [0.15, 0.2) is 0 Å². The lowest BCUT2D eigenvalue weighted by atomic mass is 9.89. The van der Waals surface area contributed by atoms with Gasteiger partial charge in [0.05, 0.1) is 12.2 Å². The molecule has 5 atom stereocenters. The van der Waals surface area contributed by atoms with Gasteiger partial charge in [-0.1, -0.05) is 51.0 Å². The summed E-state index contributed by atoms with van der Waals surface area (Å²) in [6, 6.07) is 0. The molecular formula is C21H36F2O3. The van der Waals surface area contributed by atoms with Crippen molar-refractivity contribution in [3.63, 3.8) is 0 Å². The summed E-state index contributed by atoms with van der Waals surface area (Å²) in [7, 11) is 0. The normalized spacial score (nSPS) is 28.4. The Morgan fingerprint density at radius 2 is 1.92 bits per heavy atom. The van der Waals surface area contributed by atoms with E-state index in [4.69, 9.17) is 4.74 Å². The molecule has 0 saturated heterocycles. The average molecular weight is 375 g/mol. The minimum Gasteiger partial charge on any atom is -0.393 e. The highest BCUT2D eigenvalue weighted by Crippen LogP contribution is 2.39. The Hall–Kier alpha value is -0.780. The summed E-state index contributed by atoms with van der Waals surface area (Å²) in [6.45, 7) is 6.44. The van der Waals surface area contributed by atoms with E-state index in [2.05, 4.69) is 6.92 Å². The maximum absolute atomic E-state index is 14.0. The molecule has 0 radical (unpaired) electrons. The number of alkyl halides is 2. The number of rotatable bonds is 12. The van der Waals surface area contributed by atoms with Crippen LogP contribution in [0.15, 0.2) is 24.3 Å². The maximum Gasteiger partial charge on any atom is 0.276 e. The molecule has 5 heteroatoms. The Morgan fingerprint density at radius 1 is 1.23 bits per heavy atom. The molecule has 2 N–H and O–H groups in total. The Bertz CT molecular complexity index is 437. The van der Waals surface area contributed by atoms with Crippen molar-refractivity contribution in [2.45, 2.75) is 90.0 Å². The second-order valence-corrected chi connectivity index (χ2v) is 7.31. The largest absolute Gasteiger partial charge is 0.393 e. The van der Waals surface area contributed by atoms with Crippen LogP contribution in [-0.2, 0) is 4.74 Å². The molecule has 1 fully saturated rings. The number of allylic oxidation sites excluding steroid dienone is 2. The summed E-state index contributed by atoms with van der Waals surface area (Å²) in [4.78, 5) is 0. The smallest absolute Gasteiger partial charge is 0.276 e. The predicted molar refractivity (Wildman–Crippen MR) is 101 cm³/mol. The van der Waals surface area contributed by atoms with Crippen LogP contribution >= 0.6 is 0 Å². The zero-order valence-electron chi connectivity index (χ0n) is 16.4. The number of unbranched alkanes of at least 4 members (excludes halogenated alkanes) is 2. The van der Waals surface area contributed by atoms with E-state index in [1.807, 2.05) is 26.0 Å². The molecule has 0 amide bonds. The first-order valence-electron chi connectivity index (χ1n) is 10.0. The van der Waals surface area contributed by atoms with E-state index in [-0.39, 0.29) is 24.4 Å². The zero-order chi connectivity index (χ0) is 19.6. The van der Waals surface area contributed by atoms with Gasteiger partial charge in [-0.15, -0.1) is 0 Å². The fraction of sp³-hybridized carbons (Fsp3) is 0.810. The van der Waals surface area contributed by atoms with Gasteiger partial charge in [0.2, 0.25) is 0 Å². The quantitative estimate of drug-likeness (QED) is 0.378. The van der Waals surface area contributed by atoms with Gasteiger partial charge in [0.25, 0.3) is 5.92 Å². The lowest BCUT2D eigenvalue weighted by Crippen LogP contribution is -2.32. The van der Waals surface area contributed by atoms with E-state index in [0.717, 1.165) is 12.8 Å². The molecule has 3 nitrogen and oxygen atoms in total. The van der Waals surface area contributed by atoms with Crippen LogP contribution < -0.4 is 0 Å². The molecule has 1 aliphatic carbocycles. The van der Waals surface area contributed by atoms with Gasteiger partial charge in [0.1, 0.15) is 6.10 Å². The van der Waals surface area contributed by atoms with Crippen molar-refractivity contribution in [1.82, 2.24) is 0 Å². The molecule has 0 bridgehead atoms. The lowest BCUT2D eigenvalue weighted by molar-refractivity contribution is -0.0932. The van der Waals surface area contributed by atoms with E-state index in [9.17, 15) is 19.0 Å². The molecule has 0 aromatic rings. The van der Waals surface area contributed by atoms with E-state index in [1.54, 1.807) is 6.08 Å². The summed E-state index contributed by atoms with van der Waals surface area (Å²) in [5.41, 5.74) is 0. The van der Waals surface area contributed by atoms with Gasteiger partial charge < -0.3 is 14.9 Å². The van der Waals surface area contributed by atoms with Crippen molar-refractivity contribution in [2.75, 3.05) is 6.61 Å². The molecule has 1 rings (SSSR count). The van der Waals surface area contributed by atoms with Crippen LogP contribution in [0.1, 0.15) is 65.7 Å². The van der Waals surface area contributed by atoms with Gasteiger partial charge in [0, 0.05) is 25.4 Å². The fourth-order valence-electron chi connectivity index (χ4n) is 3.47. The summed E-state index contributed by atoms with van der Waals surface area (Å²) in [5.74, 6) is -3.37. The maximum atomic E-state index is 14.0. The summed E-state index contributed by atoms with van der Waals surface area (Å²) < 4.78 is 33.9. The van der Waals surface area contributed by atoms with Gasteiger partial charge in [-0.25, -0.2) is 8.78 Å². The summed E-state index contributed by atoms with van der Waals surface area (Å²) in [5, 5.41) is 20.3. The third-order valence-electron chi connectivity index (χ3n) is 5.18. The van der Waals surface area contributed by atoms with E-state index in [0.29, 0.717) is 32.3 Å². The SMILES string of the molecule is C/C=C\C[C@@H]1[C@@H](/C=C/C(O)C(F)(F)CCCC)[C@H](OCCCC)C[C@@H]1O. The minimum absolute atomic E-state index is 0.0782. The Labute approximate surface area is 157 Å². The lowest BCUT2D eigenvalue weighted by Gasteiger charge is -2.24. The fourth-order valence-corrected chi connectivity index (χ4v) is 3.47. The third-order valence-corrected chi connectivity index (χ3v) is 5.18. The summed E-state index contributed by atoms with van der Waals surface area (Å²) >= 11 is 0. The first-order chi connectivity index (χ1) is 12.4. The van der Waals surface area contributed by atoms with Crippen molar-refractivity contribution < 1.29 is 23.7 Å². The van der Waals surface area contributed by atoms with Crippen LogP contribution in [0.3, 0.4) is 0 Å². The van der Waals surface area contributed by atoms with Crippen LogP contribution in [0.4, 0.5) is 8.78 Å². The molecule has 0 aliphatic heterocycles. The van der Waals surface area contributed by atoms with Gasteiger partial charge in [-0.05, 0) is 32.1 Å². The highest BCUT2D eigenvalue weighted by molar-refractivity contribution is 5.08. The molecule has 0 aromatic heterocycles. The average Bonchev–Trinajstić information content (AvgIpc) is 2.90. The van der Waals surface area contributed by atoms with Gasteiger partial charge in [-0.3, -0.25) is 0 Å². The van der Waals surface area contributed by atoms with Crippen LogP contribution in [0.5, 0.6) is 0 Å². The number of aliphatic hydroxyl groups is 2. The van der Waals surface area contributed by atoms with Crippen molar-refractivity contribution in [1.29, 1.82) is 0 Å². The zero-order valence-corrected chi connectivity index (χ0v) is 16.4. The third kappa shape index (κ3) is 7.09. The van der Waals surface area contributed by atoms with Crippen molar-refractivity contribution in [3.05, 3.63) is 24.3 Å². The van der Waals surface area contributed by atoms with Crippen LogP contribution in [0.25, 0.3) is 0 Å². The Morgan fingerprint density at radius 3 is 2.54 bits per heavy atom. The van der Waals surface area contributed by atoms with Gasteiger partial charge in [-0.2, -0.15) is 0 Å². The molecule has 0 spiro atoms. The van der Waals surface area contributed by atoms with Crippen molar-refractivity contribution in [2.24, 2.45) is 11.8 Å². The monoisotopic (exact) mass is 374 g/mol. The minimum atomic E-state index is -3.12. The first-order valence-corrected chi connectivity index (χ1v) is 10.0. The highest BCUT2D eigenvalue weighted by atomic mass is 19.3. The Balaban J connectivity index is 2.84. The molecular weight excluding hydrogens is 338 g/mol. The second kappa shape index (κ2) is 11.8.